The van der Waals surface area contributed by atoms with Gasteiger partial charge in [0, 0.05) is 5.41 Å². The molecule has 0 spiro atoms. The molecule has 2 aliphatic heterocycles. The number of carbonyl (C=O) groups is 1. The largest absolute Gasteiger partial charge is 0.481 e. The molecule has 57 heavy (non-hydrogen) atoms. The molecule has 5 aliphatic carbocycles. The van der Waals surface area contributed by atoms with E-state index in [-0.39, 0.29) is 34.5 Å². The number of aliphatic hydroxyl groups is 9. The average Bonchev–Trinajstić information content (AvgIpc) is 3.15. The normalized spacial score (nSPS) is 53.3. The van der Waals surface area contributed by atoms with Crippen LogP contribution < -0.4 is 0 Å². The van der Waals surface area contributed by atoms with Gasteiger partial charge in [0.05, 0.1) is 37.4 Å². The van der Waals surface area contributed by atoms with Crippen molar-refractivity contribution in [2.24, 2.45) is 44.3 Å². The van der Waals surface area contributed by atoms with Crippen LogP contribution in [0.3, 0.4) is 0 Å². The lowest BCUT2D eigenvalue weighted by Crippen LogP contribution is -2.69. The fourth-order valence-corrected chi connectivity index (χ4v) is 13.1. The summed E-state index contributed by atoms with van der Waals surface area (Å²) in [5, 5.41) is 108. The highest BCUT2D eigenvalue weighted by atomic mass is 16.8. The van der Waals surface area contributed by atoms with E-state index in [0.29, 0.717) is 19.3 Å². The van der Waals surface area contributed by atoms with E-state index in [1.54, 1.807) is 0 Å². The van der Waals surface area contributed by atoms with Crippen LogP contribution in [0.5, 0.6) is 0 Å². The van der Waals surface area contributed by atoms with E-state index in [0.717, 1.165) is 36.8 Å². The topological polar surface area (TPSA) is 256 Å². The van der Waals surface area contributed by atoms with Crippen LogP contribution in [-0.2, 0) is 23.7 Å². The molecule has 0 bridgehead atoms. The van der Waals surface area contributed by atoms with Crippen LogP contribution in [0.1, 0.15) is 92.9 Å². The fourth-order valence-electron chi connectivity index (χ4n) is 13.1. The molecule has 15 heteroatoms. The van der Waals surface area contributed by atoms with Crippen molar-refractivity contribution < 1.29 is 74.8 Å². The van der Waals surface area contributed by atoms with Gasteiger partial charge in [-0.2, -0.15) is 0 Å². The minimum atomic E-state index is -1.85. The van der Waals surface area contributed by atoms with E-state index in [1.165, 1.54) is 0 Å². The molecule has 15 nitrogen and oxygen atoms in total. The summed E-state index contributed by atoms with van der Waals surface area (Å²) in [5.41, 5.74) is -1.000. The Morgan fingerprint density at radius 3 is 2.00 bits per heavy atom. The molecular formula is C42H66O15. The first kappa shape index (κ1) is 43.5. The molecule has 0 aromatic heterocycles. The summed E-state index contributed by atoms with van der Waals surface area (Å²) in [7, 11) is 0. The highest BCUT2D eigenvalue weighted by molar-refractivity contribution is 5.80. The summed E-state index contributed by atoms with van der Waals surface area (Å²) in [4.78, 5) is 13.0. The first-order valence-electron chi connectivity index (χ1n) is 20.8. The third-order valence-electron chi connectivity index (χ3n) is 16.7. The maximum Gasteiger partial charge on any atom is 0.313 e. The van der Waals surface area contributed by atoms with Gasteiger partial charge in [0.15, 0.2) is 12.6 Å². The predicted octanol–water partition coefficient (Wildman–Crippen LogP) is 0.745. The molecular weight excluding hydrogens is 744 g/mol. The minimum Gasteiger partial charge on any atom is -0.481 e. The number of carboxylic acid groups (broad SMARTS) is 1. The monoisotopic (exact) mass is 810 g/mol. The minimum absolute atomic E-state index is 0.0214. The summed E-state index contributed by atoms with van der Waals surface area (Å²) < 4.78 is 23.9. The molecule has 2 heterocycles. The van der Waals surface area contributed by atoms with Gasteiger partial charge in [-0.15, -0.1) is 0 Å². The van der Waals surface area contributed by atoms with E-state index < -0.39 is 116 Å². The number of hydrogen-bond donors (Lipinski definition) is 10. The summed E-state index contributed by atoms with van der Waals surface area (Å²) in [5.74, 6) is -1.01. The number of aliphatic carboxylic acids is 1. The Labute approximate surface area is 334 Å². The van der Waals surface area contributed by atoms with Gasteiger partial charge < -0.3 is 70.0 Å². The van der Waals surface area contributed by atoms with Crippen molar-refractivity contribution in [2.75, 3.05) is 19.8 Å². The Bertz CT molecular complexity index is 1600. The number of fused-ring (bicyclic) bond motifs is 6. The van der Waals surface area contributed by atoms with E-state index in [2.05, 4.69) is 46.8 Å². The van der Waals surface area contributed by atoms with E-state index in [9.17, 15) is 55.9 Å². The number of rotatable bonds is 8. The lowest BCUT2D eigenvalue weighted by molar-refractivity contribution is -0.383. The van der Waals surface area contributed by atoms with Gasteiger partial charge in [-0.3, -0.25) is 4.79 Å². The standard InChI is InChI=1S/C42H66O15/c1-37(2)11-13-42(36(52)53)14-12-40(5)20(21(42)15-37)7-8-26-38(3)16-22(46)33(39(4,19-45)25(38)9-10-41(26,40)6)57-35-32(30(50)28(48)24(18-44)55-35)56-34-31(51)29(49)27(47)23(17-43)54-34/h7-8,22-35,43-51H,9-19H2,1-6H3,(H,52,53)/t22-,23+,24-,25-,26-,27+,28-,29+,30+,31-,32-,33-,34+,35+,38+,39+,40+,41+,42-/m1/s1. The Morgan fingerprint density at radius 1 is 0.772 bits per heavy atom. The van der Waals surface area contributed by atoms with Gasteiger partial charge in [0.25, 0.3) is 0 Å². The molecule has 0 aromatic rings. The molecule has 5 fully saturated rings. The zero-order chi connectivity index (χ0) is 41.8. The van der Waals surface area contributed by atoms with Gasteiger partial charge >= 0.3 is 5.97 Å². The molecule has 0 radical (unpaired) electrons. The molecule has 10 N–H and O–H groups in total. The molecule has 7 rings (SSSR count). The average molecular weight is 811 g/mol. The SMILES string of the molecule is CC1(C)CC[C@@]2(C(=O)O)CC[C@@]3(C)C(=C2C1)C=C[C@@H]1[C@@]2(C)C[C@@H](O)[C@@H](O[C@@H]4O[C@H](CO)[C@@H](O)[C@H](O)[C@H]4O[C@@H]4O[C@@H](CO)[C@H](O)[C@H](O)[C@H]4O)[C@@](C)(CO)[C@@H]2CC[C@@]13C. The summed E-state index contributed by atoms with van der Waals surface area (Å²) in [6.07, 6.45) is -9.17. The predicted molar refractivity (Wildman–Crippen MR) is 201 cm³/mol. The lowest BCUT2D eigenvalue weighted by Gasteiger charge is -2.70. The first-order valence-corrected chi connectivity index (χ1v) is 20.8. The van der Waals surface area contributed by atoms with Crippen LogP contribution in [-0.4, -0.2) is 150 Å². The van der Waals surface area contributed by atoms with E-state index in [1.807, 2.05) is 6.92 Å². The molecule has 19 atom stereocenters. The molecule has 7 aliphatic rings. The number of ether oxygens (including phenoxy) is 4. The number of carboxylic acids is 1. The molecule has 324 valence electrons. The van der Waals surface area contributed by atoms with Crippen molar-refractivity contribution in [1.29, 1.82) is 0 Å². The fraction of sp³-hybridized carbons (Fsp3) is 0.881. The molecule has 0 unspecified atom stereocenters. The van der Waals surface area contributed by atoms with Crippen molar-refractivity contribution in [3.05, 3.63) is 23.3 Å². The van der Waals surface area contributed by atoms with E-state index >= 15 is 0 Å². The summed E-state index contributed by atoms with van der Waals surface area (Å²) in [6.45, 7) is 11.2. The van der Waals surface area contributed by atoms with Gasteiger partial charge in [-0.1, -0.05) is 53.7 Å². The van der Waals surface area contributed by atoms with Gasteiger partial charge in [0.1, 0.15) is 48.8 Å². The quantitative estimate of drug-likeness (QED) is 0.152. The molecule has 2 saturated heterocycles. The number of allylic oxidation sites excluding steroid dienone is 3. The van der Waals surface area contributed by atoms with Crippen LogP contribution in [0, 0.1) is 44.3 Å². The van der Waals surface area contributed by atoms with Crippen LogP contribution in [0.15, 0.2) is 23.3 Å². The molecule has 0 amide bonds. The molecule has 3 saturated carbocycles. The summed E-state index contributed by atoms with van der Waals surface area (Å²) in [6, 6.07) is 0. The number of hydrogen-bond acceptors (Lipinski definition) is 14. The third-order valence-corrected chi connectivity index (χ3v) is 16.7. The highest BCUT2D eigenvalue weighted by Gasteiger charge is 2.70. The van der Waals surface area contributed by atoms with Gasteiger partial charge in [0.2, 0.25) is 0 Å². The van der Waals surface area contributed by atoms with Crippen molar-refractivity contribution in [2.45, 2.75) is 167 Å². The van der Waals surface area contributed by atoms with Crippen LogP contribution >= 0.6 is 0 Å². The van der Waals surface area contributed by atoms with E-state index in [4.69, 9.17) is 18.9 Å². The molecule has 0 aromatic carbocycles. The maximum absolute atomic E-state index is 13.0. The second-order valence-electron chi connectivity index (χ2n) is 20.3. The first-order chi connectivity index (χ1) is 26.6. The van der Waals surface area contributed by atoms with Crippen LogP contribution in [0.2, 0.25) is 0 Å². The van der Waals surface area contributed by atoms with Crippen molar-refractivity contribution in [1.82, 2.24) is 0 Å². The third kappa shape index (κ3) is 6.36. The second kappa shape index (κ2) is 14.8. The Kier molecular flexibility index (Phi) is 11.3. The summed E-state index contributed by atoms with van der Waals surface area (Å²) >= 11 is 0. The van der Waals surface area contributed by atoms with Crippen molar-refractivity contribution in [3.8, 4) is 0 Å². The zero-order valence-electron chi connectivity index (χ0n) is 34.0. The van der Waals surface area contributed by atoms with Gasteiger partial charge in [-0.25, -0.2) is 0 Å². The maximum atomic E-state index is 13.0. The number of aliphatic hydroxyl groups excluding tert-OH is 9. The zero-order valence-corrected chi connectivity index (χ0v) is 34.0. The highest BCUT2D eigenvalue weighted by Crippen LogP contribution is 2.74. The smallest absolute Gasteiger partial charge is 0.313 e. The van der Waals surface area contributed by atoms with Crippen LogP contribution in [0.4, 0.5) is 0 Å². The lowest BCUT2D eigenvalue weighted by atomic mass is 9.35. The van der Waals surface area contributed by atoms with Crippen LogP contribution in [0.25, 0.3) is 0 Å². The Hall–Kier alpha value is -1.57. The second-order valence-corrected chi connectivity index (χ2v) is 20.3. The van der Waals surface area contributed by atoms with Gasteiger partial charge in [-0.05, 0) is 96.0 Å². The Balaban J connectivity index is 1.22. The van der Waals surface area contributed by atoms with Crippen molar-refractivity contribution in [3.63, 3.8) is 0 Å². The van der Waals surface area contributed by atoms with Crippen molar-refractivity contribution >= 4 is 5.97 Å². The Morgan fingerprint density at radius 2 is 1.39 bits per heavy atom.